The number of fused-ring (bicyclic) bond motifs is 1. The molecular formula is C15H19BrN2O3. The van der Waals surface area contributed by atoms with Crippen LogP contribution in [0.2, 0.25) is 0 Å². The van der Waals surface area contributed by atoms with Crippen LogP contribution in [0.5, 0.6) is 0 Å². The number of halogens is 1. The van der Waals surface area contributed by atoms with Crippen LogP contribution in [0.4, 0.5) is 10.5 Å². The van der Waals surface area contributed by atoms with Gasteiger partial charge >= 0.3 is 6.09 Å². The number of aryl methyl sites for hydroxylation is 1. The zero-order chi connectivity index (χ0) is 15.6. The molecule has 2 amide bonds. The zero-order valence-corrected chi connectivity index (χ0v) is 13.9. The summed E-state index contributed by atoms with van der Waals surface area (Å²) in [7, 11) is 0. The fraction of sp³-hybridized carbons (Fsp3) is 0.467. The number of carbonyl (C=O) groups is 2. The molecule has 1 aromatic rings. The lowest BCUT2D eigenvalue weighted by atomic mass is 10.1. The third-order valence-electron chi connectivity index (χ3n) is 3.03. The molecule has 0 aliphatic carbocycles. The second kappa shape index (κ2) is 6.05. The molecule has 0 aromatic heterocycles. The highest BCUT2D eigenvalue weighted by Crippen LogP contribution is 2.25. The number of ether oxygens (including phenoxy) is 1. The smallest absolute Gasteiger partial charge is 0.408 e. The summed E-state index contributed by atoms with van der Waals surface area (Å²) in [5.41, 5.74) is 1.25. The summed E-state index contributed by atoms with van der Waals surface area (Å²) in [6.45, 7) is 5.35. The number of benzene rings is 1. The Hall–Kier alpha value is -1.56. The highest BCUT2D eigenvalue weighted by Gasteiger charge is 2.27. The molecule has 0 saturated carbocycles. The Bertz CT molecular complexity index is 567. The predicted molar refractivity (Wildman–Crippen MR) is 84.3 cm³/mol. The molecule has 2 N–H and O–H groups in total. The first-order chi connectivity index (χ1) is 9.74. The molecule has 21 heavy (non-hydrogen) atoms. The van der Waals surface area contributed by atoms with Gasteiger partial charge in [-0.2, -0.15) is 0 Å². The van der Waals surface area contributed by atoms with E-state index in [-0.39, 0.29) is 5.91 Å². The number of amides is 2. The van der Waals surface area contributed by atoms with Gasteiger partial charge in [-0.05, 0) is 57.4 Å². The zero-order valence-electron chi connectivity index (χ0n) is 12.3. The lowest BCUT2D eigenvalue weighted by Gasteiger charge is -2.22. The van der Waals surface area contributed by atoms with Crippen molar-refractivity contribution in [2.24, 2.45) is 0 Å². The Morgan fingerprint density at radius 2 is 2.14 bits per heavy atom. The molecule has 0 radical (unpaired) electrons. The standard InChI is InChI=1S/C15H19BrN2O3/c1-15(2,3)21-14(20)18-12-6-4-9-8-10(16)5-7-11(9)17-13(12)19/h5,7-8,12H,4,6H2,1-3H3,(H,17,19)(H,18,20)/t12-/m0/s1. The molecule has 1 aliphatic rings. The summed E-state index contributed by atoms with van der Waals surface area (Å²) < 4.78 is 6.15. The summed E-state index contributed by atoms with van der Waals surface area (Å²) in [6, 6.07) is 5.12. The van der Waals surface area contributed by atoms with Crippen molar-refractivity contribution in [2.45, 2.75) is 45.3 Å². The quantitative estimate of drug-likeness (QED) is 0.813. The third-order valence-corrected chi connectivity index (χ3v) is 3.53. The van der Waals surface area contributed by atoms with E-state index in [0.29, 0.717) is 12.8 Å². The van der Waals surface area contributed by atoms with Crippen molar-refractivity contribution < 1.29 is 14.3 Å². The Kier molecular flexibility index (Phi) is 4.56. The molecule has 1 atom stereocenters. The van der Waals surface area contributed by atoms with E-state index in [0.717, 1.165) is 15.7 Å². The molecule has 1 aliphatic heterocycles. The van der Waals surface area contributed by atoms with Gasteiger partial charge in [0.1, 0.15) is 11.6 Å². The average molecular weight is 355 g/mol. The summed E-state index contributed by atoms with van der Waals surface area (Å²) in [5, 5.41) is 5.47. The largest absolute Gasteiger partial charge is 0.444 e. The number of alkyl carbamates (subject to hydrolysis) is 1. The van der Waals surface area contributed by atoms with E-state index in [1.54, 1.807) is 20.8 Å². The molecule has 0 saturated heterocycles. The van der Waals surface area contributed by atoms with Crippen LogP contribution < -0.4 is 10.6 Å². The highest BCUT2D eigenvalue weighted by molar-refractivity contribution is 9.10. The van der Waals surface area contributed by atoms with Crippen LogP contribution in [-0.4, -0.2) is 23.6 Å². The SMILES string of the molecule is CC(C)(C)OC(=O)N[C@H]1CCc2cc(Br)ccc2NC1=O. The molecular weight excluding hydrogens is 336 g/mol. The maximum absolute atomic E-state index is 12.2. The van der Waals surface area contributed by atoms with E-state index >= 15 is 0 Å². The van der Waals surface area contributed by atoms with Crippen molar-refractivity contribution in [1.82, 2.24) is 5.32 Å². The molecule has 6 heteroatoms. The Morgan fingerprint density at radius 1 is 1.43 bits per heavy atom. The van der Waals surface area contributed by atoms with Gasteiger partial charge in [0, 0.05) is 10.2 Å². The maximum atomic E-state index is 12.2. The topological polar surface area (TPSA) is 67.4 Å². The van der Waals surface area contributed by atoms with E-state index in [1.807, 2.05) is 18.2 Å². The fourth-order valence-corrected chi connectivity index (χ4v) is 2.54. The first-order valence-electron chi connectivity index (χ1n) is 6.83. The summed E-state index contributed by atoms with van der Waals surface area (Å²) >= 11 is 3.42. The van der Waals surface area contributed by atoms with Crippen LogP contribution in [0.3, 0.4) is 0 Å². The molecule has 2 rings (SSSR count). The average Bonchev–Trinajstić information content (AvgIpc) is 2.48. The van der Waals surface area contributed by atoms with Gasteiger partial charge in [0.25, 0.3) is 0 Å². The maximum Gasteiger partial charge on any atom is 0.408 e. The second-order valence-corrected chi connectivity index (χ2v) is 6.94. The predicted octanol–water partition coefficient (Wildman–Crippen LogP) is 3.23. The number of rotatable bonds is 1. The number of carbonyl (C=O) groups excluding carboxylic acids is 2. The highest BCUT2D eigenvalue weighted by atomic mass is 79.9. The number of anilines is 1. The van der Waals surface area contributed by atoms with Crippen molar-refractivity contribution in [3.8, 4) is 0 Å². The minimum atomic E-state index is -0.592. The number of nitrogens with one attached hydrogen (secondary N) is 2. The van der Waals surface area contributed by atoms with Crippen molar-refractivity contribution in [3.63, 3.8) is 0 Å². The molecule has 0 unspecified atom stereocenters. The van der Waals surface area contributed by atoms with Crippen LogP contribution in [0.1, 0.15) is 32.8 Å². The van der Waals surface area contributed by atoms with E-state index < -0.39 is 17.7 Å². The van der Waals surface area contributed by atoms with Gasteiger partial charge in [-0.15, -0.1) is 0 Å². The van der Waals surface area contributed by atoms with Crippen molar-refractivity contribution in [3.05, 3.63) is 28.2 Å². The monoisotopic (exact) mass is 354 g/mol. The molecule has 0 fully saturated rings. The van der Waals surface area contributed by atoms with Crippen molar-refractivity contribution in [1.29, 1.82) is 0 Å². The normalized spacial score (nSPS) is 18.3. The summed E-state index contributed by atoms with van der Waals surface area (Å²) in [6.07, 6.45) is 0.664. The first kappa shape index (κ1) is 15.8. The van der Waals surface area contributed by atoms with Crippen LogP contribution in [0.15, 0.2) is 22.7 Å². The molecule has 5 nitrogen and oxygen atoms in total. The third kappa shape index (κ3) is 4.46. The van der Waals surface area contributed by atoms with Gasteiger partial charge in [-0.1, -0.05) is 15.9 Å². The van der Waals surface area contributed by atoms with E-state index in [9.17, 15) is 9.59 Å². The van der Waals surface area contributed by atoms with Crippen LogP contribution in [-0.2, 0) is 16.0 Å². The Balaban J connectivity index is 2.05. The van der Waals surface area contributed by atoms with E-state index in [1.165, 1.54) is 0 Å². The van der Waals surface area contributed by atoms with Crippen LogP contribution >= 0.6 is 15.9 Å². The summed E-state index contributed by atoms with van der Waals surface area (Å²) in [4.78, 5) is 24.0. The van der Waals surface area contributed by atoms with Gasteiger partial charge < -0.3 is 15.4 Å². The second-order valence-electron chi connectivity index (χ2n) is 6.03. The molecule has 0 bridgehead atoms. The van der Waals surface area contributed by atoms with Gasteiger partial charge in [0.2, 0.25) is 5.91 Å². The van der Waals surface area contributed by atoms with Crippen LogP contribution in [0, 0.1) is 0 Å². The van der Waals surface area contributed by atoms with E-state index in [4.69, 9.17) is 4.74 Å². The lowest BCUT2D eigenvalue weighted by molar-refractivity contribution is -0.118. The molecule has 1 heterocycles. The van der Waals surface area contributed by atoms with Gasteiger partial charge in [0.05, 0.1) is 0 Å². The van der Waals surface area contributed by atoms with E-state index in [2.05, 4.69) is 26.6 Å². The Morgan fingerprint density at radius 3 is 2.81 bits per heavy atom. The van der Waals surface area contributed by atoms with Crippen molar-refractivity contribution in [2.75, 3.05) is 5.32 Å². The first-order valence-corrected chi connectivity index (χ1v) is 7.63. The Labute approximate surface area is 132 Å². The van der Waals surface area contributed by atoms with Gasteiger partial charge in [-0.3, -0.25) is 4.79 Å². The van der Waals surface area contributed by atoms with Crippen molar-refractivity contribution >= 4 is 33.6 Å². The van der Waals surface area contributed by atoms with Gasteiger partial charge in [-0.25, -0.2) is 4.79 Å². The minimum Gasteiger partial charge on any atom is -0.444 e. The number of hydrogen-bond donors (Lipinski definition) is 2. The molecule has 1 aromatic carbocycles. The summed E-state index contributed by atoms with van der Waals surface area (Å²) in [5.74, 6) is -0.220. The van der Waals surface area contributed by atoms with Crippen LogP contribution in [0.25, 0.3) is 0 Å². The lowest BCUT2D eigenvalue weighted by Crippen LogP contribution is -2.45. The molecule has 0 spiro atoms. The molecule has 114 valence electrons. The van der Waals surface area contributed by atoms with Gasteiger partial charge in [0.15, 0.2) is 0 Å². The number of hydrogen-bond acceptors (Lipinski definition) is 3. The minimum absolute atomic E-state index is 0.220. The fourth-order valence-electron chi connectivity index (χ4n) is 2.13.